The zero-order valence-electron chi connectivity index (χ0n) is 12.5. The van der Waals surface area contributed by atoms with Crippen LogP contribution in [0.2, 0.25) is 0 Å². The molecule has 0 spiro atoms. The minimum Gasteiger partial charge on any atom is -0.383 e. The van der Waals surface area contributed by atoms with Crippen LogP contribution in [-0.2, 0) is 9.53 Å². The molecule has 1 amide bonds. The highest BCUT2D eigenvalue weighted by Crippen LogP contribution is 2.28. The average molecular weight is 308 g/mol. The van der Waals surface area contributed by atoms with Crippen LogP contribution in [-0.4, -0.2) is 49.2 Å². The van der Waals surface area contributed by atoms with Crippen LogP contribution in [0.3, 0.4) is 0 Å². The largest absolute Gasteiger partial charge is 0.383 e. The molecular weight excluding hydrogens is 288 g/mol. The molecule has 0 atom stereocenters. The third-order valence-electron chi connectivity index (χ3n) is 3.73. The summed E-state index contributed by atoms with van der Waals surface area (Å²) in [6.07, 6.45) is 2.87. The number of methoxy groups -OCH3 is 1. The van der Waals surface area contributed by atoms with E-state index in [0.29, 0.717) is 44.9 Å². The van der Waals surface area contributed by atoms with E-state index in [1.54, 1.807) is 19.4 Å². The van der Waals surface area contributed by atoms with Crippen molar-refractivity contribution in [1.82, 2.24) is 10.3 Å². The SMILES string of the molecule is COCCNC(=O)C1CCN(c2ncccc2[N+](=O)[O-])CC1. The highest BCUT2D eigenvalue weighted by molar-refractivity contribution is 5.79. The van der Waals surface area contributed by atoms with Crippen LogP contribution < -0.4 is 10.2 Å². The highest BCUT2D eigenvalue weighted by Gasteiger charge is 2.28. The normalized spacial score (nSPS) is 15.6. The minimum atomic E-state index is -0.425. The summed E-state index contributed by atoms with van der Waals surface area (Å²) in [7, 11) is 1.59. The number of hydrogen-bond acceptors (Lipinski definition) is 6. The Labute approximate surface area is 128 Å². The molecule has 22 heavy (non-hydrogen) atoms. The van der Waals surface area contributed by atoms with Gasteiger partial charge in [0.25, 0.3) is 0 Å². The lowest BCUT2D eigenvalue weighted by molar-refractivity contribution is -0.384. The Balaban J connectivity index is 1.92. The highest BCUT2D eigenvalue weighted by atomic mass is 16.6. The van der Waals surface area contributed by atoms with Gasteiger partial charge in [0.1, 0.15) is 0 Å². The first-order valence-corrected chi connectivity index (χ1v) is 7.24. The third kappa shape index (κ3) is 3.91. The van der Waals surface area contributed by atoms with Crippen molar-refractivity contribution < 1.29 is 14.5 Å². The summed E-state index contributed by atoms with van der Waals surface area (Å²) in [5.74, 6) is 0.342. The number of aromatic nitrogens is 1. The minimum absolute atomic E-state index is 0.00509. The number of ether oxygens (including phenoxy) is 1. The Morgan fingerprint density at radius 2 is 2.27 bits per heavy atom. The summed E-state index contributed by atoms with van der Waals surface area (Å²) in [6, 6.07) is 3.00. The van der Waals surface area contributed by atoms with Gasteiger partial charge in [0, 0.05) is 44.9 Å². The van der Waals surface area contributed by atoms with E-state index in [2.05, 4.69) is 10.3 Å². The lowest BCUT2D eigenvalue weighted by Crippen LogP contribution is -2.41. The average Bonchev–Trinajstić information content (AvgIpc) is 2.55. The molecule has 1 aliphatic rings. The van der Waals surface area contributed by atoms with E-state index >= 15 is 0 Å². The molecule has 1 aromatic rings. The Kier molecular flexibility index (Phi) is 5.65. The number of nitro groups is 1. The first-order chi connectivity index (χ1) is 10.6. The first kappa shape index (κ1) is 16.2. The summed E-state index contributed by atoms with van der Waals surface area (Å²) in [5, 5.41) is 13.9. The van der Waals surface area contributed by atoms with Crippen molar-refractivity contribution in [2.24, 2.45) is 5.92 Å². The number of hydrogen-bond donors (Lipinski definition) is 1. The van der Waals surface area contributed by atoms with Crippen molar-refractivity contribution in [1.29, 1.82) is 0 Å². The second-order valence-corrected chi connectivity index (χ2v) is 5.15. The van der Waals surface area contributed by atoms with E-state index in [1.165, 1.54) is 6.07 Å². The Bertz CT molecular complexity index is 529. The zero-order chi connectivity index (χ0) is 15.9. The van der Waals surface area contributed by atoms with E-state index in [-0.39, 0.29) is 17.5 Å². The second-order valence-electron chi connectivity index (χ2n) is 5.15. The fourth-order valence-corrected chi connectivity index (χ4v) is 2.55. The molecule has 0 bridgehead atoms. The lowest BCUT2D eigenvalue weighted by Gasteiger charge is -2.31. The predicted octanol–water partition coefficient (Wildman–Crippen LogP) is 0.969. The molecule has 0 saturated carbocycles. The maximum Gasteiger partial charge on any atom is 0.311 e. The summed E-state index contributed by atoms with van der Waals surface area (Å²) < 4.78 is 4.89. The van der Waals surface area contributed by atoms with Crippen LogP contribution in [0.1, 0.15) is 12.8 Å². The molecule has 1 aliphatic heterocycles. The molecule has 0 radical (unpaired) electrons. The monoisotopic (exact) mass is 308 g/mol. The molecule has 2 rings (SSSR count). The van der Waals surface area contributed by atoms with Crippen molar-refractivity contribution in [3.63, 3.8) is 0 Å². The van der Waals surface area contributed by atoms with Gasteiger partial charge in [-0.2, -0.15) is 0 Å². The smallest absolute Gasteiger partial charge is 0.311 e. The van der Waals surface area contributed by atoms with Crippen molar-refractivity contribution >= 4 is 17.4 Å². The van der Waals surface area contributed by atoms with Crippen LogP contribution in [0.25, 0.3) is 0 Å². The van der Waals surface area contributed by atoms with Gasteiger partial charge in [-0.05, 0) is 18.9 Å². The van der Waals surface area contributed by atoms with Gasteiger partial charge in [-0.15, -0.1) is 0 Å². The number of anilines is 1. The molecular formula is C14H20N4O4. The number of piperidine rings is 1. The van der Waals surface area contributed by atoms with Crippen molar-refractivity contribution in [3.05, 3.63) is 28.4 Å². The second kappa shape index (κ2) is 7.69. The van der Waals surface area contributed by atoms with Gasteiger partial charge in [0.2, 0.25) is 11.7 Å². The summed E-state index contributed by atoms with van der Waals surface area (Å²) in [4.78, 5) is 28.6. The number of nitrogens with zero attached hydrogens (tertiary/aromatic N) is 3. The molecule has 1 aromatic heterocycles. The van der Waals surface area contributed by atoms with Crippen molar-refractivity contribution in [2.45, 2.75) is 12.8 Å². The molecule has 1 N–H and O–H groups in total. The van der Waals surface area contributed by atoms with E-state index < -0.39 is 4.92 Å². The molecule has 0 aliphatic carbocycles. The van der Waals surface area contributed by atoms with Crippen molar-refractivity contribution in [3.8, 4) is 0 Å². The van der Waals surface area contributed by atoms with Crippen LogP contribution in [0.15, 0.2) is 18.3 Å². The quantitative estimate of drug-likeness (QED) is 0.478. The molecule has 120 valence electrons. The van der Waals surface area contributed by atoms with E-state index in [9.17, 15) is 14.9 Å². The maximum absolute atomic E-state index is 12.0. The van der Waals surface area contributed by atoms with Gasteiger partial charge in [-0.3, -0.25) is 14.9 Å². The molecule has 0 unspecified atom stereocenters. The Hall–Kier alpha value is -2.22. The van der Waals surface area contributed by atoms with E-state index in [4.69, 9.17) is 4.74 Å². The Morgan fingerprint density at radius 3 is 2.91 bits per heavy atom. The number of pyridine rings is 1. The van der Waals surface area contributed by atoms with Gasteiger partial charge in [-0.25, -0.2) is 4.98 Å². The van der Waals surface area contributed by atoms with Gasteiger partial charge in [0.05, 0.1) is 11.5 Å². The van der Waals surface area contributed by atoms with Crippen LogP contribution in [0.5, 0.6) is 0 Å². The molecule has 8 heteroatoms. The fraction of sp³-hybridized carbons (Fsp3) is 0.571. The third-order valence-corrected chi connectivity index (χ3v) is 3.73. The summed E-state index contributed by atoms with van der Waals surface area (Å²) in [6.45, 7) is 2.16. The van der Waals surface area contributed by atoms with Gasteiger partial charge in [0.15, 0.2) is 0 Å². The molecule has 1 fully saturated rings. The number of carbonyl (C=O) groups excluding carboxylic acids is 1. The van der Waals surface area contributed by atoms with Crippen LogP contribution >= 0.6 is 0 Å². The first-order valence-electron chi connectivity index (χ1n) is 7.24. The predicted molar refractivity (Wildman–Crippen MR) is 80.7 cm³/mol. The molecule has 1 saturated heterocycles. The maximum atomic E-state index is 12.0. The van der Waals surface area contributed by atoms with Gasteiger partial charge >= 0.3 is 5.69 Å². The van der Waals surface area contributed by atoms with E-state index in [1.807, 2.05) is 4.90 Å². The molecule has 0 aromatic carbocycles. The lowest BCUT2D eigenvalue weighted by atomic mass is 9.96. The number of rotatable bonds is 6. The number of carbonyl (C=O) groups is 1. The Morgan fingerprint density at radius 1 is 1.55 bits per heavy atom. The van der Waals surface area contributed by atoms with Gasteiger partial charge < -0.3 is 15.0 Å². The number of amides is 1. The van der Waals surface area contributed by atoms with Crippen LogP contribution in [0, 0.1) is 16.0 Å². The fourth-order valence-electron chi connectivity index (χ4n) is 2.55. The van der Waals surface area contributed by atoms with Crippen LogP contribution in [0.4, 0.5) is 11.5 Å². The zero-order valence-corrected chi connectivity index (χ0v) is 12.5. The summed E-state index contributed by atoms with van der Waals surface area (Å²) >= 11 is 0. The van der Waals surface area contributed by atoms with Crippen molar-refractivity contribution in [2.75, 3.05) is 38.3 Å². The molecule has 8 nitrogen and oxygen atoms in total. The standard InChI is InChI=1S/C14H20N4O4/c1-22-10-7-16-14(19)11-4-8-17(9-5-11)13-12(18(20)21)3-2-6-15-13/h2-3,6,11H,4-5,7-10H2,1H3,(H,16,19). The number of nitrogens with one attached hydrogen (secondary N) is 1. The van der Waals surface area contributed by atoms with E-state index in [0.717, 1.165) is 0 Å². The summed E-state index contributed by atoms with van der Waals surface area (Å²) in [5.41, 5.74) is 0.00509. The molecule has 2 heterocycles. The topological polar surface area (TPSA) is 97.6 Å². The van der Waals surface area contributed by atoms with Gasteiger partial charge in [-0.1, -0.05) is 0 Å².